The molecule has 3 aliphatic rings. The molecule has 6 heteroatoms. The van der Waals surface area contributed by atoms with Crippen LogP contribution >= 0.6 is 24.0 Å². The Bertz CT molecular complexity index is 450. The molecule has 1 saturated carbocycles. The van der Waals surface area contributed by atoms with Crippen molar-refractivity contribution in [1.29, 1.82) is 0 Å². The number of aliphatic imine (C=N–C) groups is 1. The van der Waals surface area contributed by atoms with E-state index >= 15 is 0 Å². The molecule has 0 radical (unpaired) electrons. The fourth-order valence-corrected chi connectivity index (χ4v) is 4.96. The Morgan fingerprint density at radius 2 is 1.81 bits per heavy atom. The summed E-state index contributed by atoms with van der Waals surface area (Å²) in [6.45, 7) is 13.6. The monoisotopic (exact) mass is 491 g/mol. The van der Waals surface area contributed by atoms with E-state index in [0.717, 1.165) is 25.1 Å². The number of nitrogens with zero attached hydrogens (tertiary/aromatic N) is 3. The van der Waals surface area contributed by atoms with Crippen molar-refractivity contribution in [2.45, 2.75) is 83.8 Å². The summed E-state index contributed by atoms with van der Waals surface area (Å²) < 4.78 is 0. The minimum Gasteiger partial charge on any atom is -0.357 e. The molecule has 2 heterocycles. The molecule has 3 fully saturated rings. The Balaban J connectivity index is 0.00000261. The second-order valence-corrected chi connectivity index (χ2v) is 8.88. The largest absolute Gasteiger partial charge is 0.357 e. The van der Waals surface area contributed by atoms with E-state index in [-0.39, 0.29) is 24.0 Å². The van der Waals surface area contributed by atoms with E-state index in [1.54, 1.807) is 0 Å². The highest BCUT2D eigenvalue weighted by molar-refractivity contribution is 14.0. The smallest absolute Gasteiger partial charge is 0.191 e. The molecule has 0 aromatic rings. The molecule has 0 spiro atoms. The van der Waals surface area contributed by atoms with Crippen LogP contribution in [0.4, 0.5) is 0 Å². The van der Waals surface area contributed by atoms with Gasteiger partial charge in [-0.05, 0) is 65.3 Å². The first-order valence-corrected chi connectivity index (χ1v) is 11.2. The van der Waals surface area contributed by atoms with Crippen LogP contribution in [0.15, 0.2) is 4.99 Å². The number of piperidine rings is 1. The highest BCUT2D eigenvalue weighted by atomic mass is 127. The summed E-state index contributed by atoms with van der Waals surface area (Å²) in [5.41, 5.74) is 0. The average molecular weight is 492 g/mol. The summed E-state index contributed by atoms with van der Waals surface area (Å²) in [4.78, 5) is 10.3. The van der Waals surface area contributed by atoms with Crippen LogP contribution in [0.1, 0.15) is 65.7 Å². The van der Waals surface area contributed by atoms with Crippen LogP contribution in [-0.2, 0) is 0 Å². The molecule has 2 saturated heterocycles. The quantitative estimate of drug-likeness (QED) is 0.340. The van der Waals surface area contributed by atoms with Crippen LogP contribution in [0.5, 0.6) is 0 Å². The van der Waals surface area contributed by atoms with E-state index < -0.39 is 0 Å². The fraction of sp³-hybridized carbons (Fsp3) is 0.952. The molecule has 2 unspecified atom stereocenters. The fourth-order valence-electron chi connectivity index (χ4n) is 4.96. The lowest BCUT2D eigenvalue weighted by Gasteiger charge is -2.35. The first-order chi connectivity index (χ1) is 12.7. The van der Waals surface area contributed by atoms with E-state index in [1.165, 1.54) is 71.1 Å². The Morgan fingerprint density at radius 3 is 2.52 bits per heavy atom. The molecule has 2 atom stereocenters. The van der Waals surface area contributed by atoms with Gasteiger partial charge in [-0.2, -0.15) is 0 Å². The van der Waals surface area contributed by atoms with Crippen molar-refractivity contribution in [2.75, 3.05) is 39.3 Å². The van der Waals surface area contributed by atoms with E-state index in [4.69, 9.17) is 4.99 Å². The van der Waals surface area contributed by atoms with Gasteiger partial charge in [-0.1, -0.05) is 12.8 Å². The van der Waals surface area contributed by atoms with Gasteiger partial charge in [0.1, 0.15) is 0 Å². The predicted octanol–water partition coefficient (Wildman–Crippen LogP) is 3.30. The van der Waals surface area contributed by atoms with Crippen LogP contribution in [0.25, 0.3) is 0 Å². The highest BCUT2D eigenvalue weighted by Crippen LogP contribution is 2.26. The van der Waals surface area contributed by atoms with Crippen molar-refractivity contribution in [3.63, 3.8) is 0 Å². The first-order valence-electron chi connectivity index (χ1n) is 11.2. The van der Waals surface area contributed by atoms with Crippen molar-refractivity contribution in [2.24, 2.45) is 10.9 Å². The van der Waals surface area contributed by atoms with Gasteiger partial charge in [0.15, 0.2) is 5.96 Å². The molecule has 0 amide bonds. The Hall–Kier alpha value is -0.0800. The van der Waals surface area contributed by atoms with E-state index in [1.807, 2.05) is 0 Å². The zero-order chi connectivity index (χ0) is 18.4. The summed E-state index contributed by atoms with van der Waals surface area (Å²) in [5, 5.41) is 7.20. The number of rotatable bonds is 6. The molecular formula is C21H42IN5. The number of likely N-dealkylation sites (tertiary alicyclic amines) is 2. The maximum absolute atomic E-state index is 4.97. The standard InChI is InChI=1S/C21H41N5.HI/c1-4-22-21(23-14-18-8-7-12-25(15-18)17(2)3)24-19-11-13-26(16-19)20-9-5-6-10-20;/h17-20H,4-16H2,1-3H3,(H2,22,23,24);1H. The number of guanidine groups is 1. The molecule has 5 nitrogen and oxygen atoms in total. The third-order valence-electron chi connectivity index (χ3n) is 6.53. The van der Waals surface area contributed by atoms with Crippen molar-refractivity contribution >= 4 is 29.9 Å². The molecule has 0 aromatic heterocycles. The Labute approximate surface area is 184 Å². The van der Waals surface area contributed by atoms with E-state index in [2.05, 4.69) is 41.2 Å². The lowest BCUT2D eigenvalue weighted by molar-refractivity contribution is 0.143. The lowest BCUT2D eigenvalue weighted by atomic mass is 9.97. The zero-order valence-electron chi connectivity index (χ0n) is 17.8. The molecule has 158 valence electrons. The third kappa shape index (κ3) is 7.03. The summed E-state index contributed by atoms with van der Waals surface area (Å²) in [5.74, 6) is 1.74. The molecule has 0 bridgehead atoms. The summed E-state index contributed by atoms with van der Waals surface area (Å²) in [6.07, 6.45) is 9.58. The van der Waals surface area contributed by atoms with Gasteiger partial charge in [0.25, 0.3) is 0 Å². The van der Waals surface area contributed by atoms with Crippen molar-refractivity contribution in [3.05, 3.63) is 0 Å². The number of hydrogen-bond acceptors (Lipinski definition) is 3. The molecular weight excluding hydrogens is 449 g/mol. The molecule has 27 heavy (non-hydrogen) atoms. The number of halogens is 1. The Kier molecular flexibility index (Phi) is 10.1. The molecule has 2 aliphatic heterocycles. The van der Waals surface area contributed by atoms with Gasteiger partial charge in [0.05, 0.1) is 0 Å². The first kappa shape index (κ1) is 23.2. The van der Waals surface area contributed by atoms with Crippen molar-refractivity contribution < 1.29 is 0 Å². The minimum absolute atomic E-state index is 0. The maximum Gasteiger partial charge on any atom is 0.191 e. The maximum atomic E-state index is 4.97. The van der Waals surface area contributed by atoms with E-state index in [0.29, 0.717) is 18.0 Å². The second kappa shape index (κ2) is 11.8. The number of nitrogens with one attached hydrogen (secondary N) is 2. The minimum atomic E-state index is 0. The van der Waals surface area contributed by atoms with Gasteiger partial charge in [0, 0.05) is 50.8 Å². The summed E-state index contributed by atoms with van der Waals surface area (Å²) >= 11 is 0. The molecule has 2 N–H and O–H groups in total. The van der Waals surface area contributed by atoms with Crippen LogP contribution in [0.2, 0.25) is 0 Å². The van der Waals surface area contributed by atoms with Gasteiger partial charge in [0.2, 0.25) is 0 Å². The topological polar surface area (TPSA) is 42.9 Å². The molecule has 1 aliphatic carbocycles. The predicted molar refractivity (Wildman–Crippen MR) is 126 cm³/mol. The van der Waals surface area contributed by atoms with Crippen LogP contribution in [-0.4, -0.2) is 73.2 Å². The summed E-state index contributed by atoms with van der Waals surface area (Å²) in [7, 11) is 0. The second-order valence-electron chi connectivity index (χ2n) is 8.88. The lowest BCUT2D eigenvalue weighted by Crippen LogP contribution is -2.46. The molecule has 3 rings (SSSR count). The molecule has 0 aromatic carbocycles. The summed E-state index contributed by atoms with van der Waals surface area (Å²) in [6, 6.07) is 2.07. The van der Waals surface area contributed by atoms with Crippen molar-refractivity contribution in [1.82, 2.24) is 20.4 Å². The zero-order valence-corrected chi connectivity index (χ0v) is 20.1. The van der Waals surface area contributed by atoms with Gasteiger partial charge < -0.3 is 15.5 Å². The Morgan fingerprint density at radius 1 is 1.04 bits per heavy atom. The van der Waals surface area contributed by atoms with Gasteiger partial charge >= 0.3 is 0 Å². The van der Waals surface area contributed by atoms with Gasteiger partial charge in [-0.25, -0.2) is 0 Å². The number of hydrogen-bond donors (Lipinski definition) is 2. The van der Waals surface area contributed by atoms with Gasteiger partial charge in [-0.15, -0.1) is 24.0 Å². The van der Waals surface area contributed by atoms with Gasteiger partial charge in [-0.3, -0.25) is 9.89 Å². The van der Waals surface area contributed by atoms with Crippen LogP contribution < -0.4 is 10.6 Å². The van der Waals surface area contributed by atoms with E-state index in [9.17, 15) is 0 Å². The van der Waals surface area contributed by atoms with Crippen LogP contribution in [0.3, 0.4) is 0 Å². The average Bonchev–Trinajstić information content (AvgIpc) is 3.31. The third-order valence-corrected chi connectivity index (χ3v) is 6.53. The normalized spacial score (nSPS) is 28.5. The van der Waals surface area contributed by atoms with Crippen molar-refractivity contribution in [3.8, 4) is 0 Å². The SMILES string of the molecule is CCNC(=NCC1CCCN(C(C)C)C1)NC1CCN(C2CCCC2)C1.I. The van der Waals surface area contributed by atoms with Crippen LogP contribution in [0, 0.1) is 5.92 Å². The highest BCUT2D eigenvalue weighted by Gasteiger charge is 2.30.